The molecule has 0 aromatic carbocycles. The van der Waals surface area contributed by atoms with E-state index in [1.807, 2.05) is 11.3 Å². The molecular formula is C15H19NOS. The van der Waals surface area contributed by atoms with Crippen LogP contribution in [0.4, 0.5) is 0 Å². The Morgan fingerprint density at radius 3 is 3.17 bits per heavy atom. The van der Waals surface area contributed by atoms with Crippen LogP contribution < -0.4 is 0 Å². The van der Waals surface area contributed by atoms with E-state index in [0.29, 0.717) is 5.92 Å². The third-order valence-corrected chi connectivity index (χ3v) is 4.67. The van der Waals surface area contributed by atoms with Crippen molar-refractivity contribution in [2.75, 3.05) is 6.61 Å². The van der Waals surface area contributed by atoms with Crippen LogP contribution in [0.1, 0.15) is 43.6 Å². The van der Waals surface area contributed by atoms with Gasteiger partial charge in [-0.2, -0.15) is 0 Å². The molecule has 0 fully saturated rings. The Morgan fingerprint density at radius 1 is 1.39 bits per heavy atom. The molecule has 0 radical (unpaired) electrons. The Bertz CT molecular complexity index is 512. The van der Waals surface area contributed by atoms with Gasteiger partial charge in [-0.05, 0) is 43.6 Å². The molecule has 3 rings (SSSR count). The lowest BCUT2D eigenvalue weighted by Gasteiger charge is -2.20. The fraction of sp³-hybridized carbons (Fsp3) is 0.533. The van der Waals surface area contributed by atoms with Crippen molar-refractivity contribution in [1.82, 2.24) is 0 Å². The lowest BCUT2D eigenvalue weighted by atomic mass is 9.98. The minimum Gasteiger partial charge on any atom is -0.491 e. The number of thiophene rings is 1. The fourth-order valence-electron chi connectivity index (χ4n) is 2.66. The first-order chi connectivity index (χ1) is 8.74. The van der Waals surface area contributed by atoms with Crippen molar-refractivity contribution >= 4 is 22.8 Å². The number of hydrogen-bond donors (Lipinski definition) is 0. The molecular weight excluding hydrogens is 242 g/mol. The lowest BCUT2D eigenvalue weighted by Crippen LogP contribution is -2.09. The van der Waals surface area contributed by atoms with Gasteiger partial charge in [-0.1, -0.05) is 6.92 Å². The van der Waals surface area contributed by atoms with E-state index in [1.54, 1.807) is 0 Å². The third-order valence-electron chi connectivity index (χ3n) is 3.69. The van der Waals surface area contributed by atoms with Crippen molar-refractivity contribution in [3.05, 3.63) is 27.6 Å². The molecule has 3 heteroatoms. The van der Waals surface area contributed by atoms with Gasteiger partial charge < -0.3 is 4.74 Å². The number of fused-ring (bicyclic) bond motifs is 1. The quantitative estimate of drug-likeness (QED) is 0.683. The van der Waals surface area contributed by atoms with Gasteiger partial charge in [-0.3, -0.25) is 4.99 Å². The first-order valence-corrected chi connectivity index (χ1v) is 7.59. The maximum absolute atomic E-state index is 5.93. The minimum absolute atomic E-state index is 0.696. The molecule has 1 unspecified atom stereocenters. The SMILES string of the molecule is CC1=N/C(=C2\OCCc3sccc32)CC(C)CC1. The molecule has 0 saturated heterocycles. The smallest absolute Gasteiger partial charge is 0.149 e. The molecule has 0 bridgehead atoms. The molecule has 96 valence electrons. The Balaban J connectivity index is 2.06. The molecule has 0 aliphatic carbocycles. The molecule has 1 aromatic rings. The highest BCUT2D eigenvalue weighted by molar-refractivity contribution is 7.10. The standard InChI is InChI=1S/C15H19NOS/c1-10-3-4-11(2)16-13(9-10)15-12-6-8-18-14(12)5-7-17-15/h6,8,10H,3-5,7,9H2,1-2H3/b15-13-. The molecule has 0 saturated carbocycles. The molecule has 1 aromatic heterocycles. The summed E-state index contributed by atoms with van der Waals surface area (Å²) >= 11 is 1.84. The molecule has 2 aliphatic rings. The van der Waals surface area contributed by atoms with E-state index < -0.39 is 0 Å². The summed E-state index contributed by atoms with van der Waals surface area (Å²) in [7, 11) is 0. The monoisotopic (exact) mass is 261 g/mol. The lowest BCUT2D eigenvalue weighted by molar-refractivity contribution is 0.268. The zero-order chi connectivity index (χ0) is 12.5. The molecule has 0 N–H and O–H groups in total. The predicted molar refractivity (Wildman–Crippen MR) is 77.0 cm³/mol. The highest BCUT2D eigenvalue weighted by Gasteiger charge is 2.22. The average molecular weight is 261 g/mol. The molecule has 2 nitrogen and oxygen atoms in total. The van der Waals surface area contributed by atoms with Crippen LogP contribution >= 0.6 is 11.3 Å². The summed E-state index contributed by atoms with van der Waals surface area (Å²) in [4.78, 5) is 6.26. The molecule has 3 heterocycles. The summed E-state index contributed by atoms with van der Waals surface area (Å²) in [5.74, 6) is 1.74. The van der Waals surface area contributed by atoms with Crippen LogP contribution in [0.15, 0.2) is 22.1 Å². The van der Waals surface area contributed by atoms with Crippen molar-refractivity contribution < 1.29 is 4.74 Å². The molecule has 2 aliphatic heterocycles. The fourth-order valence-corrected chi connectivity index (χ4v) is 3.52. The number of allylic oxidation sites excluding steroid dienone is 1. The molecule has 0 amide bonds. The Kier molecular flexibility index (Phi) is 3.25. The number of aliphatic imine (C=N–C) groups is 1. The van der Waals surface area contributed by atoms with Gasteiger partial charge in [0.2, 0.25) is 0 Å². The Hall–Kier alpha value is -1.09. The minimum atomic E-state index is 0.696. The summed E-state index contributed by atoms with van der Waals surface area (Å²) in [5.41, 5.74) is 3.69. The van der Waals surface area contributed by atoms with Crippen molar-refractivity contribution in [3.63, 3.8) is 0 Å². The second-order valence-electron chi connectivity index (χ2n) is 5.33. The second-order valence-corrected chi connectivity index (χ2v) is 6.33. The van der Waals surface area contributed by atoms with Gasteiger partial charge >= 0.3 is 0 Å². The molecule has 0 spiro atoms. The van der Waals surface area contributed by atoms with Crippen molar-refractivity contribution in [3.8, 4) is 0 Å². The number of nitrogens with zero attached hydrogens (tertiary/aromatic N) is 1. The highest BCUT2D eigenvalue weighted by Crippen LogP contribution is 2.36. The van der Waals surface area contributed by atoms with Crippen LogP contribution in [0.5, 0.6) is 0 Å². The van der Waals surface area contributed by atoms with Crippen LogP contribution in [-0.4, -0.2) is 12.3 Å². The van der Waals surface area contributed by atoms with Crippen LogP contribution in [0.25, 0.3) is 5.76 Å². The summed E-state index contributed by atoms with van der Waals surface area (Å²) in [6.07, 6.45) is 4.45. The first-order valence-electron chi connectivity index (χ1n) is 6.71. The maximum Gasteiger partial charge on any atom is 0.149 e. The van der Waals surface area contributed by atoms with Crippen LogP contribution in [-0.2, 0) is 11.2 Å². The van der Waals surface area contributed by atoms with E-state index in [0.717, 1.165) is 37.3 Å². The van der Waals surface area contributed by atoms with Crippen molar-refractivity contribution in [2.24, 2.45) is 10.9 Å². The zero-order valence-electron chi connectivity index (χ0n) is 11.0. The second kappa shape index (κ2) is 4.88. The van der Waals surface area contributed by atoms with Crippen LogP contribution in [0, 0.1) is 5.92 Å². The van der Waals surface area contributed by atoms with Gasteiger partial charge in [-0.25, -0.2) is 0 Å². The van der Waals surface area contributed by atoms with Gasteiger partial charge in [0.05, 0.1) is 12.3 Å². The normalized spacial score (nSPS) is 28.1. The number of hydrogen-bond acceptors (Lipinski definition) is 3. The van der Waals surface area contributed by atoms with E-state index in [9.17, 15) is 0 Å². The summed E-state index contributed by atoms with van der Waals surface area (Å²) in [6, 6.07) is 2.18. The summed E-state index contributed by atoms with van der Waals surface area (Å²) in [6.45, 7) is 5.25. The van der Waals surface area contributed by atoms with Gasteiger partial charge in [0.1, 0.15) is 5.76 Å². The van der Waals surface area contributed by atoms with E-state index in [4.69, 9.17) is 9.73 Å². The van der Waals surface area contributed by atoms with Crippen molar-refractivity contribution in [1.29, 1.82) is 0 Å². The van der Waals surface area contributed by atoms with Crippen molar-refractivity contribution in [2.45, 2.75) is 39.5 Å². The number of ether oxygens (including phenoxy) is 1. The molecule has 18 heavy (non-hydrogen) atoms. The van der Waals surface area contributed by atoms with E-state index in [-0.39, 0.29) is 0 Å². The zero-order valence-corrected chi connectivity index (χ0v) is 11.8. The number of rotatable bonds is 0. The highest BCUT2D eigenvalue weighted by atomic mass is 32.1. The third kappa shape index (κ3) is 2.24. The van der Waals surface area contributed by atoms with E-state index in [2.05, 4.69) is 25.3 Å². The van der Waals surface area contributed by atoms with Gasteiger partial charge in [-0.15, -0.1) is 11.3 Å². The Morgan fingerprint density at radius 2 is 2.28 bits per heavy atom. The average Bonchev–Trinajstić information content (AvgIpc) is 2.77. The Labute approximate surface area is 112 Å². The van der Waals surface area contributed by atoms with Crippen LogP contribution in [0.2, 0.25) is 0 Å². The van der Waals surface area contributed by atoms with Crippen LogP contribution in [0.3, 0.4) is 0 Å². The summed E-state index contributed by atoms with van der Waals surface area (Å²) < 4.78 is 5.93. The topological polar surface area (TPSA) is 21.6 Å². The molecule has 1 atom stereocenters. The van der Waals surface area contributed by atoms with Gasteiger partial charge in [0.15, 0.2) is 0 Å². The van der Waals surface area contributed by atoms with Gasteiger partial charge in [0, 0.05) is 22.6 Å². The van der Waals surface area contributed by atoms with Gasteiger partial charge in [0.25, 0.3) is 0 Å². The first kappa shape index (κ1) is 12.0. The summed E-state index contributed by atoms with van der Waals surface area (Å²) in [5, 5.41) is 2.16. The van der Waals surface area contributed by atoms with E-state index in [1.165, 1.54) is 22.6 Å². The van der Waals surface area contributed by atoms with E-state index >= 15 is 0 Å². The predicted octanol–water partition coefficient (Wildman–Crippen LogP) is 4.27. The largest absolute Gasteiger partial charge is 0.491 e. The maximum atomic E-state index is 5.93.